The molecule has 3 heterocycles. The number of ether oxygens (including phenoxy) is 2. The van der Waals surface area contributed by atoms with Crippen LogP contribution < -0.4 is 19.9 Å². The maximum absolute atomic E-state index is 12.8. The highest BCUT2D eigenvalue weighted by Crippen LogP contribution is 2.28. The van der Waals surface area contributed by atoms with Gasteiger partial charge in [0.05, 0.1) is 25.6 Å². The van der Waals surface area contributed by atoms with Gasteiger partial charge in [-0.05, 0) is 49.6 Å². The Hall–Kier alpha value is -3.42. The first-order valence-corrected chi connectivity index (χ1v) is 9.96. The van der Waals surface area contributed by atoms with Crippen LogP contribution in [0.5, 0.6) is 11.5 Å². The smallest absolute Gasteiger partial charge is 0.255 e. The van der Waals surface area contributed by atoms with Crippen LogP contribution in [0.3, 0.4) is 0 Å². The van der Waals surface area contributed by atoms with E-state index in [1.807, 2.05) is 18.2 Å². The fourth-order valence-corrected chi connectivity index (χ4v) is 3.80. The lowest BCUT2D eigenvalue weighted by Gasteiger charge is -2.36. The molecule has 1 aliphatic rings. The fourth-order valence-electron chi connectivity index (χ4n) is 3.80. The van der Waals surface area contributed by atoms with Gasteiger partial charge in [-0.1, -0.05) is 0 Å². The highest BCUT2D eigenvalue weighted by atomic mass is 16.5. The first kappa shape index (κ1) is 19.9. The molecule has 3 aromatic rings. The van der Waals surface area contributed by atoms with Crippen LogP contribution in [0.15, 0.2) is 47.7 Å². The highest BCUT2D eigenvalue weighted by Gasteiger charge is 2.26. The zero-order valence-electron chi connectivity index (χ0n) is 17.4. The minimum Gasteiger partial charge on any atom is -0.497 e. The second-order valence-corrected chi connectivity index (χ2v) is 7.28. The van der Waals surface area contributed by atoms with E-state index < -0.39 is 0 Å². The minimum atomic E-state index is -0.0653. The van der Waals surface area contributed by atoms with Crippen LogP contribution in [0.4, 0.5) is 5.95 Å². The molecule has 8 nitrogen and oxygen atoms in total. The molecule has 1 aromatic carbocycles. The summed E-state index contributed by atoms with van der Waals surface area (Å²) in [6.07, 6.45) is 4.73. The molecule has 0 saturated carbocycles. The van der Waals surface area contributed by atoms with Gasteiger partial charge in [-0.2, -0.15) is 0 Å². The molecule has 1 aliphatic heterocycles. The SMILES string of the molecule is COc1ccc(OC)c(CCN2c3nc(-c4ccncn4)cc(=O)n3CCC2C)c1. The molecule has 1 atom stereocenters. The molecule has 4 rings (SSSR count). The summed E-state index contributed by atoms with van der Waals surface area (Å²) in [5, 5.41) is 0. The van der Waals surface area contributed by atoms with Crippen LogP contribution in [0.1, 0.15) is 18.9 Å². The van der Waals surface area contributed by atoms with Crippen LogP contribution in [-0.4, -0.2) is 46.3 Å². The van der Waals surface area contributed by atoms with Crippen LogP contribution >= 0.6 is 0 Å². The summed E-state index contributed by atoms with van der Waals surface area (Å²) in [4.78, 5) is 28.0. The number of benzene rings is 1. The van der Waals surface area contributed by atoms with Gasteiger partial charge >= 0.3 is 0 Å². The number of anilines is 1. The number of nitrogens with zero attached hydrogens (tertiary/aromatic N) is 5. The molecular formula is C22H25N5O3. The highest BCUT2D eigenvalue weighted by molar-refractivity contribution is 5.55. The Labute approximate surface area is 175 Å². The topological polar surface area (TPSA) is 82.4 Å². The molecule has 0 amide bonds. The van der Waals surface area contributed by atoms with Gasteiger partial charge in [0.25, 0.3) is 5.56 Å². The van der Waals surface area contributed by atoms with Gasteiger partial charge in [-0.25, -0.2) is 15.0 Å². The Kier molecular flexibility index (Phi) is 5.65. The maximum atomic E-state index is 12.8. The summed E-state index contributed by atoms with van der Waals surface area (Å²) in [5.74, 6) is 2.29. The van der Waals surface area contributed by atoms with Gasteiger partial charge in [-0.15, -0.1) is 0 Å². The molecule has 0 saturated heterocycles. The quantitative estimate of drug-likeness (QED) is 0.621. The zero-order valence-corrected chi connectivity index (χ0v) is 17.4. The van der Waals surface area contributed by atoms with Gasteiger partial charge in [0.15, 0.2) is 0 Å². The van der Waals surface area contributed by atoms with Crippen molar-refractivity contribution in [3.63, 3.8) is 0 Å². The van der Waals surface area contributed by atoms with Crippen molar-refractivity contribution in [2.45, 2.75) is 32.4 Å². The standard InChI is InChI=1S/C22H25N5O3/c1-15-7-10-27-21(28)13-19(18-6-9-23-14-24-18)25-22(27)26(15)11-8-16-12-17(29-2)4-5-20(16)30-3/h4-6,9,12-15H,7-8,10-11H2,1-3H3. The average Bonchev–Trinajstić information content (AvgIpc) is 2.78. The normalized spacial score (nSPS) is 15.6. The number of rotatable bonds is 6. The maximum Gasteiger partial charge on any atom is 0.255 e. The van der Waals surface area contributed by atoms with E-state index in [9.17, 15) is 4.79 Å². The lowest BCUT2D eigenvalue weighted by Crippen LogP contribution is -2.45. The first-order chi connectivity index (χ1) is 14.6. The van der Waals surface area contributed by atoms with E-state index in [1.54, 1.807) is 37.1 Å². The van der Waals surface area contributed by atoms with Gasteiger partial charge in [0.2, 0.25) is 5.95 Å². The van der Waals surface area contributed by atoms with Crippen molar-refractivity contribution in [3.05, 3.63) is 58.8 Å². The number of aromatic nitrogens is 4. The third-order valence-corrected chi connectivity index (χ3v) is 5.50. The van der Waals surface area contributed by atoms with E-state index in [0.29, 0.717) is 30.4 Å². The van der Waals surface area contributed by atoms with Gasteiger partial charge in [0.1, 0.15) is 17.8 Å². The van der Waals surface area contributed by atoms with E-state index in [-0.39, 0.29) is 11.6 Å². The third kappa shape index (κ3) is 3.85. The second kappa shape index (κ2) is 8.52. The number of methoxy groups -OCH3 is 2. The summed E-state index contributed by atoms with van der Waals surface area (Å²) in [6.45, 7) is 3.52. The Morgan fingerprint density at radius 2 is 2.00 bits per heavy atom. The minimum absolute atomic E-state index is 0.0653. The molecule has 0 fully saturated rings. The molecular weight excluding hydrogens is 382 g/mol. The van der Waals surface area contributed by atoms with Crippen LogP contribution in [0.25, 0.3) is 11.4 Å². The number of hydrogen-bond acceptors (Lipinski definition) is 7. The molecule has 0 spiro atoms. The van der Waals surface area contributed by atoms with Crippen LogP contribution in [-0.2, 0) is 13.0 Å². The predicted octanol–water partition coefficient (Wildman–Crippen LogP) is 2.56. The molecule has 0 radical (unpaired) electrons. The Balaban J connectivity index is 1.67. The lowest BCUT2D eigenvalue weighted by atomic mass is 10.1. The third-order valence-electron chi connectivity index (χ3n) is 5.50. The molecule has 0 aliphatic carbocycles. The summed E-state index contributed by atoms with van der Waals surface area (Å²) < 4.78 is 12.6. The van der Waals surface area contributed by atoms with Crippen LogP contribution in [0, 0.1) is 0 Å². The van der Waals surface area contributed by atoms with Crippen molar-refractivity contribution < 1.29 is 9.47 Å². The second-order valence-electron chi connectivity index (χ2n) is 7.28. The zero-order chi connectivity index (χ0) is 21.1. The molecule has 156 valence electrons. The first-order valence-electron chi connectivity index (χ1n) is 9.96. The average molecular weight is 407 g/mol. The summed E-state index contributed by atoms with van der Waals surface area (Å²) in [6, 6.07) is 9.36. The van der Waals surface area contributed by atoms with Gasteiger partial charge < -0.3 is 14.4 Å². The molecule has 8 heteroatoms. The number of hydrogen-bond donors (Lipinski definition) is 0. The summed E-state index contributed by atoms with van der Waals surface area (Å²) in [5.41, 5.74) is 2.19. The van der Waals surface area contributed by atoms with E-state index in [0.717, 1.165) is 29.9 Å². The van der Waals surface area contributed by atoms with E-state index in [2.05, 4.69) is 21.8 Å². The van der Waals surface area contributed by atoms with Crippen molar-refractivity contribution in [2.75, 3.05) is 25.7 Å². The molecule has 2 aromatic heterocycles. The van der Waals surface area contributed by atoms with Crippen molar-refractivity contribution in [1.29, 1.82) is 0 Å². The number of fused-ring (bicyclic) bond motifs is 1. The van der Waals surface area contributed by atoms with E-state index in [4.69, 9.17) is 14.5 Å². The summed E-state index contributed by atoms with van der Waals surface area (Å²) >= 11 is 0. The van der Waals surface area contributed by atoms with Crippen LogP contribution in [0.2, 0.25) is 0 Å². The molecule has 0 bridgehead atoms. The lowest BCUT2D eigenvalue weighted by molar-refractivity contribution is 0.397. The van der Waals surface area contributed by atoms with Crippen molar-refractivity contribution in [1.82, 2.24) is 19.5 Å². The largest absolute Gasteiger partial charge is 0.497 e. The van der Waals surface area contributed by atoms with Gasteiger partial charge in [-0.3, -0.25) is 9.36 Å². The summed E-state index contributed by atoms with van der Waals surface area (Å²) in [7, 11) is 3.32. The van der Waals surface area contributed by atoms with Crippen molar-refractivity contribution in [3.8, 4) is 22.9 Å². The fraction of sp³-hybridized carbons (Fsp3) is 0.364. The van der Waals surface area contributed by atoms with E-state index in [1.165, 1.54) is 6.33 Å². The Morgan fingerprint density at radius 3 is 2.73 bits per heavy atom. The Morgan fingerprint density at radius 1 is 1.13 bits per heavy atom. The Bertz CT molecular complexity index is 1080. The van der Waals surface area contributed by atoms with Crippen molar-refractivity contribution in [2.24, 2.45) is 0 Å². The van der Waals surface area contributed by atoms with E-state index >= 15 is 0 Å². The van der Waals surface area contributed by atoms with Gasteiger partial charge in [0, 0.05) is 31.4 Å². The predicted molar refractivity (Wildman–Crippen MR) is 114 cm³/mol. The molecule has 1 unspecified atom stereocenters. The monoisotopic (exact) mass is 407 g/mol. The van der Waals surface area contributed by atoms with Crippen molar-refractivity contribution >= 4 is 5.95 Å². The molecule has 0 N–H and O–H groups in total. The molecule has 30 heavy (non-hydrogen) atoms.